The Balaban J connectivity index is 1.88. The summed E-state index contributed by atoms with van der Waals surface area (Å²) in [6, 6.07) is 5.48. The highest BCUT2D eigenvalue weighted by Gasteiger charge is 2.37. The van der Waals surface area contributed by atoms with Crippen molar-refractivity contribution in [2.75, 3.05) is 27.4 Å². The number of hydrogen-bond donors (Lipinski definition) is 0. The van der Waals surface area contributed by atoms with Crippen LogP contribution in [0.1, 0.15) is 62.0 Å². The van der Waals surface area contributed by atoms with Gasteiger partial charge in [-0.25, -0.2) is 4.79 Å². The Labute approximate surface area is 194 Å². The molecule has 1 aromatic carbocycles. The summed E-state index contributed by atoms with van der Waals surface area (Å²) in [4.78, 5) is 25.4. The molecule has 0 radical (unpaired) electrons. The van der Waals surface area contributed by atoms with Crippen molar-refractivity contribution >= 4 is 5.97 Å². The van der Waals surface area contributed by atoms with Gasteiger partial charge in [-0.05, 0) is 50.3 Å². The molecular formula is C26H33NO6. The van der Waals surface area contributed by atoms with Crippen molar-refractivity contribution in [3.05, 3.63) is 45.7 Å². The van der Waals surface area contributed by atoms with Crippen molar-refractivity contribution < 1.29 is 23.7 Å². The predicted octanol–water partition coefficient (Wildman–Crippen LogP) is 4.40. The molecule has 1 atom stereocenters. The minimum Gasteiger partial charge on any atom is -0.493 e. The fourth-order valence-corrected chi connectivity index (χ4v) is 4.74. The van der Waals surface area contributed by atoms with Gasteiger partial charge in [0.2, 0.25) is 0 Å². The van der Waals surface area contributed by atoms with E-state index in [1.165, 1.54) is 12.5 Å². The van der Waals surface area contributed by atoms with Crippen molar-refractivity contribution in [2.45, 2.75) is 58.6 Å². The van der Waals surface area contributed by atoms with Crippen LogP contribution in [0.4, 0.5) is 0 Å². The monoisotopic (exact) mass is 455 g/mol. The first-order valence-corrected chi connectivity index (χ1v) is 11.6. The zero-order chi connectivity index (χ0) is 23.8. The van der Waals surface area contributed by atoms with Gasteiger partial charge < -0.3 is 23.5 Å². The van der Waals surface area contributed by atoms with Crippen molar-refractivity contribution in [3.8, 4) is 22.8 Å². The van der Waals surface area contributed by atoms with Gasteiger partial charge in [-0.3, -0.25) is 4.79 Å². The summed E-state index contributed by atoms with van der Waals surface area (Å²) in [5, 5.41) is 0. The second kappa shape index (κ2) is 9.21. The third-order valence-electron chi connectivity index (χ3n) is 6.75. The fraction of sp³-hybridized carbons (Fsp3) is 0.538. The Morgan fingerprint density at radius 3 is 2.52 bits per heavy atom. The van der Waals surface area contributed by atoms with Gasteiger partial charge in [-0.2, -0.15) is 0 Å². The Morgan fingerprint density at radius 1 is 1.15 bits per heavy atom. The van der Waals surface area contributed by atoms with Crippen molar-refractivity contribution in [1.29, 1.82) is 0 Å². The number of rotatable bonds is 8. The lowest BCUT2D eigenvalue weighted by Crippen LogP contribution is -2.37. The van der Waals surface area contributed by atoms with Crippen LogP contribution >= 0.6 is 0 Å². The molecule has 7 heteroatoms. The number of benzene rings is 1. The van der Waals surface area contributed by atoms with Crippen LogP contribution in [-0.2, 0) is 15.9 Å². The van der Waals surface area contributed by atoms with Crippen LogP contribution < -0.4 is 14.9 Å². The predicted molar refractivity (Wildman–Crippen MR) is 125 cm³/mol. The van der Waals surface area contributed by atoms with E-state index in [1.54, 1.807) is 27.3 Å². The van der Waals surface area contributed by atoms with E-state index >= 15 is 0 Å². The largest absolute Gasteiger partial charge is 0.493 e. The Morgan fingerprint density at radius 2 is 1.91 bits per heavy atom. The number of nitrogens with zero attached hydrogens (tertiary/aromatic N) is 1. The van der Waals surface area contributed by atoms with E-state index in [2.05, 4.69) is 19.9 Å². The maximum Gasteiger partial charge on any atom is 0.343 e. The Hall–Kier alpha value is -2.80. The van der Waals surface area contributed by atoms with Gasteiger partial charge in [0.15, 0.2) is 16.9 Å². The normalized spacial score (nSPS) is 17.5. The molecule has 1 aliphatic carbocycles. The van der Waals surface area contributed by atoms with Crippen LogP contribution in [0.3, 0.4) is 0 Å². The second-order valence-corrected chi connectivity index (χ2v) is 9.54. The molecule has 0 bridgehead atoms. The second-order valence-electron chi connectivity index (χ2n) is 9.54. The maximum atomic E-state index is 12.9. The molecule has 0 N–H and O–H groups in total. The standard InChI is InChI=1S/C26H33NO6/c1-6-32-25(29)19-14-27-20(13-21(19)28)18-12-22(31-5)23(33-17-8-7-9-17)10-16(18)11-24(27)26(2,3)15-30-4/h10,12-14,17,24H,6-9,11,15H2,1-5H3. The zero-order valence-electron chi connectivity index (χ0n) is 20.1. The van der Waals surface area contributed by atoms with Gasteiger partial charge in [-0.15, -0.1) is 0 Å². The number of carbonyl (C=O) groups is 1. The maximum absolute atomic E-state index is 12.9. The lowest BCUT2D eigenvalue weighted by Gasteiger charge is -2.41. The van der Waals surface area contributed by atoms with E-state index in [0.29, 0.717) is 18.8 Å². The zero-order valence-corrected chi connectivity index (χ0v) is 20.1. The number of hydrogen-bond acceptors (Lipinski definition) is 6. The van der Waals surface area contributed by atoms with E-state index in [4.69, 9.17) is 18.9 Å². The molecule has 2 aliphatic rings. The molecule has 1 unspecified atom stereocenters. The van der Waals surface area contributed by atoms with Gasteiger partial charge in [0.05, 0.1) is 32.1 Å². The quantitative estimate of drug-likeness (QED) is 0.549. The molecule has 0 saturated heterocycles. The summed E-state index contributed by atoms with van der Waals surface area (Å²) < 4.78 is 24.5. The number of fused-ring (bicyclic) bond motifs is 3. The molecule has 2 heterocycles. The van der Waals surface area contributed by atoms with Gasteiger partial charge in [0.25, 0.3) is 0 Å². The highest BCUT2D eigenvalue weighted by atomic mass is 16.5. The summed E-state index contributed by atoms with van der Waals surface area (Å²) in [6.07, 6.45) is 5.87. The van der Waals surface area contributed by atoms with Gasteiger partial charge in [-0.1, -0.05) is 13.8 Å². The molecule has 0 spiro atoms. The van der Waals surface area contributed by atoms with E-state index < -0.39 is 5.97 Å². The van der Waals surface area contributed by atoms with Gasteiger partial charge in [0, 0.05) is 36.4 Å². The number of aromatic nitrogens is 1. The number of methoxy groups -OCH3 is 2. The van der Waals surface area contributed by atoms with Crippen LogP contribution in [0.5, 0.6) is 11.5 Å². The van der Waals surface area contributed by atoms with E-state index in [9.17, 15) is 9.59 Å². The molecule has 1 aliphatic heterocycles. The number of esters is 1. The minimum absolute atomic E-state index is 0.0409. The molecule has 7 nitrogen and oxygen atoms in total. The van der Waals surface area contributed by atoms with Crippen molar-refractivity contribution in [3.63, 3.8) is 0 Å². The lowest BCUT2D eigenvalue weighted by molar-refractivity contribution is 0.0516. The first-order valence-electron chi connectivity index (χ1n) is 11.6. The fourth-order valence-electron chi connectivity index (χ4n) is 4.74. The topological polar surface area (TPSA) is 76.0 Å². The van der Waals surface area contributed by atoms with Crippen LogP contribution in [0.2, 0.25) is 0 Å². The van der Waals surface area contributed by atoms with Gasteiger partial charge in [0.1, 0.15) is 5.56 Å². The summed E-state index contributed by atoms with van der Waals surface area (Å²) in [5.74, 6) is 0.778. The SMILES string of the molecule is CCOC(=O)c1cn2c(cc1=O)-c1cc(OC)c(OC3CCC3)cc1CC2C(C)(C)COC. The summed E-state index contributed by atoms with van der Waals surface area (Å²) >= 11 is 0. The molecule has 1 aromatic heterocycles. The average molecular weight is 456 g/mol. The third kappa shape index (κ3) is 4.38. The molecule has 2 aromatic rings. The van der Waals surface area contributed by atoms with Gasteiger partial charge >= 0.3 is 5.97 Å². The summed E-state index contributed by atoms with van der Waals surface area (Å²) in [5.41, 5.74) is 2.16. The molecule has 178 valence electrons. The molecule has 1 fully saturated rings. The van der Waals surface area contributed by atoms with Crippen LogP contribution in [0, 0.1) is 5.41 Å². The smallest absolute Gasteiger partial charge is 0.343 e. The number of pyridine rings is 1. The van der Waals surface area contributed by atoms with E-state index in [-0.39, 0.29) is 35.2 Å². The highest BCUT2D eigenvalue weighted by Crippen LogP contribution is 2.46. The number of carbonyl (C=O) groups excluding carboxylic acids is 1. The first kappa shape index (κ1) is 23.4. The lowest BCUT2D eigenvalue weighted by atomic mass is 9.77. The molecule has 33 heavy (non-hydrogen) atoms. The minimum atomic E-state index is -0.603. The molecule has 4 rings (SSSR count). The van der Waals surface area contributed by atoms with Crippen molar-refractivity contribution in [2.24, 2.45) is 5.41 Å². The molecule has 1 saturated carbocycles. The van der Waals surface area contributed by atoms with E-state index in [0.717, 1.165) is 35.4 Å². The summed E-state index contributed by atoms with van der Waals surface area (Å²) in [6.45, 7) is 6.72. The number of ether oxygens (including phenoxy) is 4. The summed E-state index contributed by atoms with van der Waals surface area (Å²) in [7, 11) is 3.31. The van der Waals surface area contributed by atoms with E-state index in [1.807, 2.05) is 10.6 Å². The Kier molecular flexibility index (Phi) is 6.52. The van der Waals surface area contributed by atoms with Crippen LogP contribution in [0.15, 0.2) is 29.2 Å². The highest BCUT2D eigenvalue weighted by molar-refractivity contribution is 5.89. The van der Waals surface area contributed by atoms with Crippen LogP contribution in [-0.4, -0.2) is 44.1 Å². The Bertz CT molecular complexity index is 1100. The molecule has 0 amide bonds. The van der Waals surface area contributed by atoms with Crippen LogP contribution in [0.25, 0.3) is 11.3 Å². The first-order chi connectivity index (χ1) is 15.8. The van der Waals surface area contributed by atoms with Crippen molar-refractivity contribution in [1.82, 2.24) is 4.57 Å². The average Bonchev–Trinajstić information content (AvgIpc) is 2.74. The molecular weight excluding hydrogens is 422 g/mol. The third-order valence-corrected chi connectivity index (χ3v) is 6.75.